The first-order valence-corrected chi connectivity index (χ1v) is 11.0. The Morgan fingerprint density at radius 1 is 0.857 bits per heavy atom. The number of benzene rings is 2. The quantitative estimate of drug-likeness (QED) is 0.655. The predicted molar refractivity (Wildman–Crippen MR) is 117 cm³/mol. The molecule has 2 aliphatic heterocycles. The Kier molecular flexibility index (Phi) is 5.02. The number of aromatic nitrogens is 1. The Labute approximate surface area is 172 Å². The molecule has 0 radical (unpaired) electrons. The molecule has 3 heterocycles. The molecular weight excluding hydrogens is 362 g/mol. The van der Waals surface area contributed by atoms with Crippen LogP contribution < -0.4 is 0 Å². The van der Waals surface area contributed by atoms with Gasteiger partial charge in [-0.2, -0.15) is 0 Å². The summed E-state index contributed by atoms with van der Waals surface area (Å²) in [5, 5.41) is 0.339. The van der Waals surface area contributed by atoms with Crippen molar-refractivity contribution in [3.8, 4) is 0 Å². The number of hydrogen-bond acceptors (Lipinski definition) is 3. The number of likely N-dealkylation sites (N-methyl/N-ethyl adjacent to an activating group) is 1. The third-order valence-electron chi connectivity index (χ3n) is 6.00. The molecule has 4 heteroatoms. The van der Waals surface area contributed by atoms with Gasteiger partial charge in [-0.05, 0) is 36.4 Å². The summed E-state index contributed by atoms with van der Waals surface area (Å²) in [6, 6.07) is 24.6. The van der Waals surface area contributed by atoms with Gasteiger partial charge in [-0.3, -0.25) is 4.90 Å². The zero-order valence-corrected chi connectivity index (χ0v) is 17.2. The lowest BCUT2D eigenvalue weighted by atomic mass is 10.1. The molecule has 0 bridgehead atoms. The average molecular weight is 390 g/mol. The lowest BCUT2D eigenvalue weighted by molar-refractivity contribution is 0.145. The number of hydrogen-bond donors (Lipinski definition) is 0. The molecule has 0 saturated carbocycles. The molecular formula is C24H27N3S. The van der Waals surface area contributed by atoms with Crippen molar-refractivity contribution in [3.63, 3.8) is 0 Å². The van der Waals surface area contributed by atoms with Crippen LogP contribution >= 0.6 is 11.8 Å². The second-order valence-electron chi connectivity index (χ2n) is 7.93. The van der Waals surface area contributed by atoms with E-state index in [1.54, 1.807) is 0 Å². The highest BCUT2D eigenvalue weighted by molar-refractivity contribution is 7.99. The van der Waals surface area contributed by atoms with Gasteiger partial charge in [-0.1, -0.05) is 48.5 Å². The molecule has 1 atom stereocenters. The minimum Gasteiger partial charge on any atom is -0.341 e. The monoisotopic (exact) mass is 389 g/mol. The average Bonchev–Trinajstić information content (AvgIpc) is 3.02. The van der Waals surface area contributed by atoms with E-state index in [1.807, 2.05) is 11.8 Å². The third kappa shape index (κ3) is 3.52. The highest BCUT2D eigenvalue weighted by Gasteiger charge is 2.26. The van der Waals surface area contributed by atoms with Crippen LogP contribution in [0.2, 0.25) is 0 Å². The molecule has 144 valence electrons. The fourth-order valence-corrected chi connectivity index (χ4v) is 5.61. The number of nitrogens with zero attached hydrogens (tertiary/aromatic N) is 3. The maximum absolute atomic E-state index is 2.60. The maximum Gasteiger partial charge on any atom is 0.0746 e. The highest BCUT2D eigenvalue weighted by Crippen LogP contribution is 2.45. The van der Waals surface area contributed by atoms with Gasteiger partial charge in [0, 0.05) is 55.6 Å². The van der Waals surface area contributed by atoms with E-state index in [9.17, 15) is 0 Å². The summed E-state index contributed by atoms with van der Waals surface area (Å²) < 4.78 is 2.58. The number of piperazine rings is 1. The van der Waals surface area contributed by atoms with Crippen LogP contribution in [0.3, 0.4) is 0 Å². The smallest absolute Gasteiger partial charge is 0.0746 e. The van der Waals surface area contributed by atoms with Crippen molar-refractivity contribution in [2.45, 2.75) is 23.2 Å². The molecule has 1 saturated heterocycles. The molecule has 28 heavy (non-hydrogen) atoms. The van der Waals surface area contributed by atoms with Gasteiger partial charge in [-0.15, -0.1) is 11.8 Å². The van der Waals surface area contributed by atoms with E-state index in [1.165, 1.54) is 40.5 Å². The molecule has 5 rings (SSSR count). The molecule has 3 aromatic rings. The predicted octanol–water partition coefficient (Wildman–Crippen LogP) is 4.48. The zero-order valence-electron chi connectivity index (χ0n) is 16.4. The first-order chi connectivity index (χ1) is 13.8. The number of thioether (sulfide) groups is 1. The van der Waals surface area contributed by atoms with Crippen LogP contribution in [-0.2, 0) is 13.1 Å². The summed E-state index contributed by atoms with van der Waals surface area (Å²) in [6.45, 7) is 6.66. The molecule has 0 N–H and O–H groups in total. The normalized spacial score (nSPS) is 20.4. The number of rotatable bonds is 3. The van der Waals surface area contributed by atoms with Gasteiger partial charge in [0.25, 0.3) is 0 Å². The van der Waals surface area contributed by atoms with Crippen molar-refractivity contribution in [1.29, 1.82) is 0 Å². The van der Waals surface area contributed by atoms with Gasteiger partial charge in [0.2, 0.25) is 0 Å². The van der Waals surface area contributed by atoms with Gasteiger partial charge in [0.15, 0.2) is 0 Å². The van der Waals surface area contributed by atoms with Gasteiger partial charge in [0.1, 0.15) is 0 Å². The van der Waals surface area contributed by atoms with Crippen molar-refractivity contribution in [3.05, 3.63) is 89.2 Å². The lowest BCUT2D eigenvalue weighted by Gasteiger charge is -2.32. The van der Waals surface area contributed by atoms with Crippen LogP contribution in [0.5, 0.6) is 0 Å². The summed E-state index contributed by atoms with van der Waals surface area (Å²) in [7, 11) is 2.22. The Bertz CT molecular complexity index is 941. The maximum atomic E-state index is 2.60. The Morgan fingerprint density at radius 3 is 2.43 bits per heavy atom. The van der Waals surface area contributed by atoms with E-state index in [0.29, 0.717) is 5.25 Å². The van der Waals surface area contributed by atoms with Gasteiger partial charge >= 0.3 is 0 Å². The van der Waals surface area contributed by atoms with E-state index in [0.717, 1.165) is 26.2 Å². The SMILES string of the molecule is CN1CCN(Cc2ccc3n2Cc2ccccc2SC3c2ccccc2)CC1. The second kappa shape index (κ2) is 7.78. The van der Waals surface area contributed by atoms with Crippen molar-refractivity contribution in [2.75, 3.05) is 33.2 Å². The minimum absolute atomic E-state index is 0.339. The van der Waals surface area contributed by atoms with Crippen molar-refractivity contribution in [1.82, 2.24) is 14.4 Å². The summed E-state index contributed by atoms with van der Waals surface area (Å²) in [5.74, 6) is 0. The van der Waals surface area contributed by atoms with E-state index < -0.39 is 0 Å². The van der Waals surface area contributed by atoms with Gasteiger partial charge < -0.3 is 9.47 Å². The highest BCUT2D eigenvalue weighted by atomic mass is 32.2. The second-order valence-corrected chi connectivity index (χ2v) is 9.08. The molecule has 0 amide bonds. The van der Waals surface area contributed by atoms with Crippen LogP contribution in [0.1, 0.15) is 27.8 Å². The molecule has 3 nitrogen and oxygen atoms in total. The van der Waals surface area contributed by atoms with Crippen molar-refractivity contribution >= 4 is 11.8 Å². The van der Waals surface area contributed by atoms with Crippen LogP contribution in [0.4, 0.5) is 0 Å². The Balaban J connectivity index is 1.52. The zero-order chi connectivity index (χ0) is 18.9. The summed E-state index contributed by atoms with van der Waals surface area (Å²) in [6.07, 6.45) is 0. The fourth-order valence-electron chi connectivity index (χ4n) is 4.30. The summed E-state index contributed by atoms with van der Waals surface area (Å²) in [4.78, 5) is 6.43. The first-order valence-electron chi connectivity index (χ1n) is 10.2. The molecule has 1 unspecified atom stereocenters. The molecule has 1 aromatic heterocycles. The van der Waals surface area contributed by atoms with Crippen LogP contribution in [0.15, 0.2) is 71.6 Å². The summed E-state index contributed by atoms with van der Waals surface area (Å²) in [5.41, 5.74) is 5.69. The van der Waals surface area contributed by atoms with Crippen LogP contribution in [0.25, 0.3) is 0 Å². The molecule has 2 aromatic carbocycles. The molecule has 1 fully saturated rings. The van der Waals surface area contributed by atoms with E-state index in [-0.39, 0.29) is 0 Å². The van der Waals surface area contributed by atoms with Gasteiger partial charge in [0.05, 0.1) is 5.25 Å². The van der Waals surface area contributed by atoms with E-state index in [2.05, 4.69) is 88.1 Å². The Hall–Kier alpha value is -2.01. The fraction of sp³-hybridized carbons (Fsp3) is 0.333. The standard InChI is InChI=1S/C24H27N3S/c1-25-13-15-26(16-14-25)18-21-11-12-22-24(19-7-3-2-4-8-19)28-23-10-6-5-9-20(23)17-27(21)22/h2-12,24H,13-18H2,1H3. The first kappa shape index (κ1) is 18.0. The van der Waals surface area contributed by atoms with Crippen molar-refractivity contribution in [2.24, 2.45) is 0 Å². The molecule has 0 spiro atoms. The van der Waals surface area contributed by atoms with Crippen molar-refractivity contribution < 1.29 is 0 Å². The van der Waals surface area contributed by atoms with E-state index in [4.69, 9.17) is 0 Å². The largest absolute Gasteiger partial charge is 0.341 e. The summed E-state index contributed by atoms with van der Waals surface area (Å²) >= 11 is 1.99. The minimum atomic E-state index is 0.339. The van der Waals surface area contributed by atoms with E-state index >= 15 is 0 Å². The molecule has 0 aliphatic carbocycles. The lowest BCUT2D eigenvalue weighted by Crippen LogP contribution is -2.44. The van der Waals surface area contributed by atoms with Crippen LogP contribution in [-0.4, -0.2) is 47.6 Å². The third-order valence-corrected chi connectivity index (χ3v) is 7.40. The number of fused-ring (bicyclic) bond motifs is 2. The topological polar surface area (TPSA) is 11.4 Å². The van der Waals surface area contributed by atoms with Crippen LogP contribution in [0, 0.1) is 0 Å². The van der Waals surface area contributed by atoms with Gasteiger partial charge in [-0.25, -0.2) is 0 Å². The Morgan fingerprint density at radius 2 is 1.61 bits per heavy atom. The molecule has 2 aliphatic rings.